The zero-order chi connectivity index (χ0) is 30.3. The van der Waals surface area contributed by atoms with Crippen molar-refractivity contribution in [2.45, 2.75) is 36.6 Å². The number of aliphatic carboxylic acids is 1. The van der Waals surface area contributed by atoms with Crippen molar-refractivity contribution in [1.29, 1.82) is 0 Å². The molecule has 1 saturated carbocycles. The Morgan fingerprint density at radius 3 is 2.47 bits per heavy atom. The van der Waals surface area contributed by atoms with Gasteiger partial charge in [0.2, 0.25) is 11.8 Å². The molecule has 0 unspecified atom stereocenters. The molecule has 3 N–H and O–H groups in total. The number of nitrogens with one attached hydrogen (secondary N) is 1. The Labute approximate surface area is 249 Å². The van der Waals surface area contributed by atoms with Crippen LogP contribution in [-0.4, -0.2) is 67.1 Å². The average Bonchev–Trinajstić information content (AvgIpc) is 3.30. The number of carbonyl (C=O) groups is 3. The molecule has 2 fully saturated rings. The summed E-state index contributed by atoms with van der Waals surface area (Å²) < 4.78 is 19.8. The Hall–Kier alpha value is -4.68. The van der Waals surface area contributed by atoms with Crippen LogP contribution in [0.15, 0.2) is 78.7 Å². The minimum absolute atomic E-state index is 0.000549. The lowest BCUT2D eigenvalue weighted by atomic mass is 10.1. The number of ether oxygens (including phenoxy) is 1. The molecule has 3 heterocycles. The van der Waals surface area contributed by atoms with E-state index in [-0.39, 0.29) is 30.8 Å². The van der Waals surface area contributed by atoms with E-state index < -0.39 is 53.3 Å². The molecule has 2 aromatic heterocycles. The number of likely N-dealkylation sites (tertiary alicyclic amines) is 1. The van der Waals surface area contributed by atoms with Crippen LogP contribution >= 0.6 is 11.3 Å². The quantitative estimate of drug-likeness (QED) is 0.246. The number of benzene rings is 2. The summed E-state index contributed by atoms with van der Waals surface area (Å²) >= 11 is 1.45. The Balaban J connectivity index is 1.31. The van der Waals surface area contributed by atoms with Crippen LogP contribution in [0.1, 0.15) is 24.5 Å². The van der Waals surface area contributed by atoms with Crippen molar-refractivity contribution in [3.05, 3.63) is 90.1 Å². The van der Waals surface area contributed by atoms with Gasteiger partial charge < -0.3 is 25.2 Å². The van der Waals surface area contributed by atoms with Crippen molar-refractivity contribution in [3.63, 3.8) is 0 Å². The van der Waals surface area contributed by atoms with E-state index in [9.17, 15) is 29.0 Å². The van der Waals surface area contributed by atoms with E-state index in [0.717, 1.165) is 17.0 Å². The summed E-state index contributed by atoms with van der Waals surface area (Å²) in [4.78, 5) is 50.7. The van der Waals surface area contributed by atoms with Gasteiger partial charge in [-0.25, -0.2) is 19.2 Å². The summed E-state index contributed by atoms with van der Waals surface area (Å²) in [6.45, 7) is 3.55. The van der Waals surface area contributed by atoms with E-state index in [0.29, 0.717) is 16.7 Å². The van der Waals surface area contributed by atoms with Crippen molar-refractivity contribution >= 4 is 40.2 Å². The SMILES string of the molecule is C=C[C@@H]1C[C@]1(NC(=O)[C@@H]1C[C@@H](Oc2nc3ccccc3nc2-c2cccs2)CN1C(=O)[C@@H](O)c1ccc(F)cc1)C(=O)O. The maximum atomic E-state index is 13.6. The number of rotatable bonds is 9. The lowest BCUT2D eigenvalue weighted by Crippen LogP contribution is -2.53. The highest BCUT2D eigenvalue weighted by Crippen LogP contribution is 2.45. The molecule has 0 spiro atoms. The van der Waals surface area contributed by atoms with Crippen LogP contribution in [0.4, 0.5) is 4.39 Å². The summed E-state index contributed by atoms with van der Waals surface area (Å²) in [5.41, 5.74) is 0.394. The molecule has 12 heteroatoms. The van der Waals surface area contributed by atoms with Gasteiger partial charge in [-0.05, 0) is 47.7 Å². The predicted octanol–water partition coefficient (Wildman–Crippen LogP) is 3.72. The van der Waals surface area contributed by atoms with E-state index in [1.54, 1.807) is 6.07 Å². The number of para-hydroxylation sites is 2. The van der Waals surface area contributed by atoms with Crippen LogP contribution in [0.3, 0.4) is 0 Å². The van der Waals surface area contributed by atoms with E-state index in [2.05, 4.69) is 16.9 Å². The molecule has 1 aliphatic carbocycles. The summed E-state index contributed by atoms with van der Waals surface area (Å²) in [5, 5.41) is 25.2. The molecule has 0 bridgehead atoms. The van der Waals surface area contributed by atoms with Crippen molar-refractivity contribution in [2.24, 2.45) is 5.92 Å². The summed E-state index contributed by atoms with van der Waals surface area (Å²) in [6, 6.07) is 14.7. The van der Waals surface area contributed by atoms with Gasteiger partial charge in [-0.2, -0.15) is 0 Å². The van der Waals surface area contributed by atoms with Crippen LogP contribution in [-0.2, 0) is 14.4 Å². The molecule has 2 aliphatic rings. The second kappa shape index (κ2) is 11.2. The third-order valence-electron chi connectivity index (χ3n) is 7.87. The number of thiophene rings is 1. The first kappa shape index (κ1) is 28.4. The number of fused-ring (bicyclic) bond motifs is 1. The average molecular weight is 603 g/mol. The van der Waals surface area contributed by atoms with Gasteiger partial charge in [0, 0.05) is 12.3 Å². The highest BCUT2D eigenvalue weighted by molar-refractivity contribution is 7.13. The van der Waals surface area contributed by atoms with Gasteiger partial charge in [0.25, 0.3) is 5.91 Å². The van der Waals surface area contributed by atoms with Crippen molar-refractivity contribution in [3.8, 4) is 16.5 Å². The number of carboxylic acid groups (broad SMARTS) is 1. The summed E-state index contributed by atoms with van der Waals surface area (Å²) in [7, 11) is 0. The predicted molar refractivity (Wildman–Crippen MR) is 156 cm³/mol. The third-order valence-corrected chi connectivity index (χ3v) is 8.74. The van der Waals surface area contributed by atoms with Gasteiger partial charge in [0.1, 0.15) is 29.2 Å². The maximum absolute atomic E-state index is 13.6. The minimum Gasteiger partial charge on any atom is -0.479 e. The van der Waals surface area contributed by atoms with Crippen LogP contribution < -0.4 is 10.1 Å². The molecular weight excluding hydrogens is 575 g/mol. The van der Waals surface area contributed by atoms with Gasteiger partial charge in [-0.3, -0.25) is 9.59 Å². The first-order valence-electron chi connectivity index (χ1n) is 13.6. The lowest BCUT2D eigenvalue weighted by molar-refractivity contribution is -0.148. The number of aliphatic hydroxyl groups excluding tert-OH is 1. The first-order chi connectivity index (χ1) is 20.7. The molecule has 10 nitrogen and oxygen atoms in total. The molecule has 5 atom stereocenters. The standard InChI is InChI=1S/C31H27FN4O6S/c1-2-18-15-31(18,30(40)41)35-27(38)23-14-20(16-36(23)29(39)26(37)17-9-11-19(32)12-10-17)42-28-25(24-8-5-13-43-24)33-21-6-3-4-7-22(21)34-28/h2-13,18,20,23,26,37H,1,14-16H2,(H,35,38)(H,40,41)/t18-,20-,23+,26+,31-/m1/s1. The molecule has 6 rings (SSSR count). The lowest BCUT2D eigenvalue weighted by Gasteiger charge is -2.27. The molecule has 1 saturated heterocycles. The monoisotopic (exact) mass is 602 g/mol. The van der Waals surface area contributed by atoms with E-state index in [1.165, 1.54) is 34.4 Å². The Kier molecular flexibility index (Phi) is 7.40. The number of halogens is 1. The molecule has 4 aromatic rings. The summed E-state index contributed by atoms with van der Waals surface area (Å²) in [5.74, 6) is -3.48. The van der Waals surface area contributed by atoms with Crippen LogP contribution in [0.2, 0.25) is 0 Å². The molecule has 2 amide bonds. The highest BCUT2D eigenvalue weighted by atomic mass is 32.1. The second-order valence-electron chi connectivity index (χ2n) is 10.6. The van der Waals surface area contributed by atoms with Gasteiger partial charge in [-0.1, -0.05) is 36.4 Å². The van der Waals surface area contributed by atoms with Crippen molar-refractivity contribution in [1.82, 2.24) is 20.2 Å². The van der Waals surface area contributed by atoms with Crippen LogP contribution in [0.5, 0.6) is 5.88 Å². The Morgan fingerprint density at radius 2 is 1.84 bits per heavy atom. The fraction of sp³-hybridized carbons (Fsp3) is 0.258. The normalized spacial score (nSPS) is 23.5. The van der Waals surface area contributed by atoms with E-state index in [1.807, 2.05) is 35.7 Å². The van der Waals surface area contributed by atoms with E-state index >= 15 is 0 Å². The van der Waals surface area contributed by atoms with Gasteiger partial charge in [-0.15, -0.1) is 17.9 Å². The van der Waals surface area contributed by atoms with Gasteiger partial charge >= 0.3 is 5.97 Å². The maximum Gasteiger partial charge on any atom is 0.330 e. The number of hydrogen-bond donors (Lipinski definition) is 3. The number of aliphatic hydroxyl groups is 1. The largest absolute Gasteiger partial charge is 0.479 e. The van der Waals surface area contributed by atoms with E-state index in [4.69, 9.17) is 9.72 Å². The van der Waals surface area contributed by atoms with Crippen LogP contribution in [0.25, 0.3) is 21.6 Å². The first-order valence-corrected chi connectivity index (χ1v) is 14.5. The van der Waals surface area contributed by atoms with Crippen molar-refractivity contribution in [2.75, 3.05) is 6.54 Å². The summed E-state index contributed by atoms with van der Waals surface area (Å²) in [6.07, 6.45) is -0.786. The van der Waals surface area contributed by atoms with Gasteiger partial charge in [0.05, 0.1) is 22.5 Å². The minimum atomic E-state index is -1.69. The number of amides is 2. The number of carbonyl (C=O) groups excluding carboxylic acids is 2. The fourth-order valence-electron chi connectivity index (χ4n) is 5.44. The van der Waals surface area contributed by atoms with Crippen molar-refractivity contribution < 1.29 is 33.7 Å². The zero-order valence-corrected chi connectivity index (χ0v) is 23.5. The molecule has 2 aromatic carbocycles. The number of carboxylic acids is 1. The topological polar surface area (TPSA) is 142 Å². The Bertz CT molecular complexity index is 1720. The zero-order valence-electron chi connectivity index (χ0n) is 22.7. The second-order valence-corrected chi connectivity index (χ2v) is 11.5. The fourth-order valence-corrected chi connectivity index (χ4v) is 6.14. The molecule has 0 radical (unpaired) electrons. The number of aromatic nitrogens is 2. The molecule has 220 valence electrons. The third kappa shape index (κ3) is 5.35. The van der Waals surface area contributed by atoms with Gasteiger partial charge in [0.15, 0.2) is 6.10 Å². The van der Waals surface area contributed by atoms with Crippen LogP contribution in [0, 0.1) is 11.7 Å². The number of nitrogens with zero attached hydrogens (tertiary/aromatic N) is 3. The molecule has 43 heavy (non-hydrogen) atoms. The number of hydrogen-bond acceptors (Lipinski definition) is 8. The molecular formula is C31H27FN4O6S. The molecule has 1 aliphatic heterocycles. The highest BCUT2D eigenvalue weighted by Gasteiger charge is 2.61. The smallest absolute Gasteiger partial charge is 0.330 e. The Morgan fingerprint density at radius 1 is 1.12 bits per heavy atom.